The van der Waals surface area contributed by atoms with Gasteiger partial charge in [-0.15, -0.1) is 5.10 Å². The Kier molecular flexibility index (Phi) is 5.94. The molecule has 0 radical (unpaired) electrons. The molecule has 3 aromatic rings. The number of nitrogens with zero attached hydrogens (tertiary/aromatic N) is 2. The lowest BCUT2D eigenvalue weighted by molar-refractivity contribution is -0.138. The van der Waals surface area contributed by atoms with E-state index in [1.54, 1.807) is 0 Å². The van der Waals surface area contributed by atoms with Gasteiger partial charge in [-0.3, -0.25) is 20.0 Å². The minimum atomic E-state index is -0.970. The fourth-order valence-electron chi connectivity index (χ4n) is 5.13. The SMILES string of the molecule is O=C(O)CC1(NC(=O)c2nc(NC(=O)OCC3c4ccccc4-c4ccccc43)n[nH]2)CCCC1. The standard InChI is InChI=1S/C25H25N5O5/c31-20(32)13-25(11-5-6-12-25)28-22(33)21-26-23(30-29-21)27-24(34)35-14-19-17-9-3-1-7-15(17)16-8-2-4-10-18(16)19/h1-4,7-10,19H,5-6,11-14H2,(H,28,33)(H,31,32)(H2,26,27,29,30,34). The quantitative estimate of drug-likeness (QED) is 0.408. The van der Waals surface area contributed by atoms with Crippen LogP contribution in [0.25, 0.3) is 11.1 Å². The van der Waals surface area contributed by atoms with E-state index in [0.717, 1.165) is 35.1 Å². The van der Waals surface area contributed by atoms with Crippen LogP contribution in [0.1, 0.15) is 59.8 Å². The highest BCUT2D eigenvalue weighted by Crippen LogP contribution is 2.44. The molecule has 1 heterocycles. The molecule has 1 fully saturated rings. The van der Waals surface area contributed by atoms with Gasteiger partial charge in [-0.25, -0.2) is 4.79 Å². The molecule has 0 atom stereocenters. The van der Waals surface area contributed by atoms with Crippen LogP contribution < -0.4 is 10.6 Å². The summed E-state index contributed by atoms with van der Waals surface area (Å²) in [5, 5.41) is 20.8. The molecule has 2 aliphatic rings. The summed E-state index contributed by atoms with van der Waals surface area (Å²) in [5.74, 6) is -1.84. The Hall–Kier alpha value is -4.21. The van der Waals surface area contributed by atoms with E-state index in [-0.39, 0.29) is 30.7 Å². The van der Waals surface area contributed by atoms with Crippen LogP contribution >= 0.6 is 0 Å². The smallest absolute Gasteiger partial charge is 0.414 e. The first-order valence-corrected chi connectivity index (χ1v) is 11.5. The second-order valence-corrected chi connectivity index (χ2v) is 8.97. The minimum absolute atomic E-state index is 0.0848. The number of fused-ring (bicyclic) bond motifs is 3. The van der Waals surface area contributed by atoms with E-state index in [0.29, 0.717) is 12.8 Å². The van der Waals surface area contributed by atoms with E-state index in [4.69, 9.17) is 4.74 Å². The monoisotopic (exact) mass is 475 g/mol. The molecule has 1 aromatic heterocycles. The molecule has 4 N–H and O–H groups in total. The molecule has 0 unspecified atom stereocenters. The molecule has 10 nitrogen and oxygen atoms in total. The van der Waals surface area contributed by atoms with Gasteiger partial charge in [-0.05, 0) is 35.1 Å². The fourth-order valence-corrected chi connectivity index (χ4v) is 5.13. The zero-order valence-electron chi connectivity index (χ0n) is 18.9. The van der Waals surface area contributed by atoms with Crippen LogP contribution in [0.3, 0.4) is 0 Å². The van der Waals surface area contributed by atoms with Crippen LogP contribution in [0.5, 0.6) is 0 Å². The van der Waals surface area contributed by atoms with Gasteiger partial charge in [0.2, 0.25) is 5.82 Å². The van der Waals surface area contributed by atoms with Crippen LogP contribution in [0.4, 0.5) is 10.7 Å². The number of aliphatic carboxylic acids is 1. The van der Waals surface area contributed by atoms with Gasteiger partial charge in [0.15, 0.2) is 0 Å². The van der Waals surface area contributed by atoms with Crippen molar-refractivity contribution in [3.05, 3.63) is 65.5 Å². The number of amides is 2. The minimum Gasteiger partial charge on any atom is -0.481 e. The molecular formula is C25H25N5O5. The number of carbonyl (C=O) groups excluding carboxylic acids is 2. The number of carboxylic acid groups (broad SMARTS) is 1. The predicted octanol–water partition coefficient (Wildman–Crippen LogP) is 3.68. The van der Waals surface area contributed by atoms with Crippen LogP contribution in [0.15, 0.2) is 48.5 Å². The summed E-state index contributed by atoms with van der Waals surface area (Å²) in [6.07, 6.45) is 1.97. The first kappa shape index (κ1) is 22.6. The fraction of sp³-hybridized carbons (Fsp3) is 0.320. The van der Waals surface area contributed by atoms with Gasteiger partial charge in [0.1, 0.15) is 6.61 Å². The number of carbonyl (C=O) groups is 3. The number of hydrogen-bond donors (Lipinski definition) is 4. The van der Waals surface area contributed by atoms with Gasteiger partial charge in [-0.1, -0.05) is 61.4 Å². The highest BCUT2D eigenvalue weighted by atomic mass is 16.5. The highest BCUT2D eigenvalue weighted by Gasteiger charge is 2.38. The molecule has 0 saturated heterocycles. The lowest BCUT2D eigenvalue weighted by atomic mass is 9.93. The van der Waals surface area contributed by atoms with Crippen molar-refractivity contribution in [3.8, 4) is 11.1 Å². The van der Waals surface area contributed by atoms with Crippen molar-refractivity contribution in [2.45, 2.75) is 43.6 Å². The Morgan fingerprint density at radius 3 is 2.29 bits per heavy atom. The van der Waals surface area contributed by atoms with Crippen molar-refractivity contribution >= 4 is 23.9 Å². The largest absolute Gasteiger partial charge is 0.481 e. The number of anilines is 1. The van der Waals surface area contributed by atoms with Crippen molar-refractivity contribution in [2.75, 3.05) is 11.9 Å². The molecule has 0 aliphatic heterocycles. The van der Waals surface area contributed by atoms with Crippen molar-refractivity contribution in [3.63, 3.8) is 0 Å². The zero-order valence-corrected chi connectivity index (χ0v) is 18.9. The molecular weight excluding hydrogens is 450 g/mol. The number of benzene rings is 2. The van der Waals surface area contributed by atoms with Crippen molar-refractivity contribution in [2.24, 2.45) is 0 Å². The highest BCUT2D eigenvalue weighted by molar-refractivity contribution is 5.92. The summed E-state index contributed by atoms with van der Waals surface area (Å²) in [4.78, 5) is 40.3. The van der Waals surface area contributed by atoms with Crippen LogP contribution in [-0.2, 0) is 9.53 Å². The van der Waals surface area contributed by atoms with E-state index in [9.17, 15) is 19.5 Å². The average molecular weight is 476 g/mol. The number of ether oxygens (including phenoxy) is 1. The number of rotatable bonds is 7. The first-order valence-electron chi connectivity index (χ1n) is 11.5. The van der Waals surface area contributed by atoms with E-state index in [2.05, 4.69) is 37.9 Å². The van der Waals surface area contributed by atoms with Gasteiger partial charge in [0, 0.05) is 5.92 Å². The molecule has 5 rings (SSSR count). The van der Waals surface area contributed by atoms with Crippen LogP contribution in [-0.4, -0.2) is 50.4 Å². The molecule has 2 amide bonds. The maximum Gasteiger partial charge on any atom is 0.414 e. The van der Waals surface area contributed by atoms with Crippen molar-refractivity contribution in [1.29, 1.82) is 0 Å². The summed E-state index contributed by atoms with van der Waals surface area (Å²) in [5.41, 5.74) is 3.66. The number of hydrogen-bond acceptors (Lipinski definition) is 6. The molecule has 0 bridgehead atoms. The lowest BCUT2D eigenvalue weighted by Gasteiger charge is -2.28. The van der Waals surface area contributed by atoms with E-state index < -0.39 is 23.5 Å². The van der Waals surface area contributed by atoms with E-state index in [1.807, 2.05) is 36.4 Å². The van der Waals surface area contributed by atoms with Gasteiger partial charge in [0.25, 0.3) is 11.9 Å². The Labute approximate surface area is 201 Å². The molecule has 2 aromatic carbocycles. The number of H-pyrrole nitrogens is 1. The van der Waals surface area contributed by atoms with Gasteiger partial charge >= 0.3 is 12.1 Å². The summed E-state index contributed by atoms with van der Waals surface area (Å²) in [6, 6.07) is 16.1. The Balaban J connectivity index is 1.20. The van der Waals surface area contributed by atoms with Gasteiger partial charge < -0.3 is 15.2 Å². The second-order valence-electron chi connectivity index (χ2n) is 8.97. The van der Waals surface area contributed by atoms with Crippen LogP contribution in [0.2, 0.25) is 0 Å². The molecule has 180 valence electrons. The second kappa shape index (κ2) is 9.21. The number of aromatic amines is 1. The average Bonchev–Trinajstić information content (AvgIpc) is 3.56. The summed E-state index contributed by atoms with van der Waals surface area (Å²) in [6.45, 7) is 0.134. The van der Waals surface area contributed by atoms with Crippen molar-refractivity contribution in [1.82, 2.24) is 20.5 Å². The van der Waals surface area contributed by atoms with E-state index >= 15 is 0 Å². The van der Waals surface area contributed by atoms with Crippen LogP contribution in [0, 0.1) is 0 Å². The Morgan fingerprint density at radius 1 is 1.03 bits per heavy atom. The maximum absolute atomic E-state index is 12.6. The summed E-state index contributed by atoms with van der Waals surface area (Å²) >= 11 is 0. The molecule has 35 heavy (non-hydrogen) atoms. The molecule has 0 spiro atoms. The molecule has 10 heteroatoms. The van der Waals surface area contributed by atoms with Gasteiger partial charge in [0.05, 0.1) is 12.0 Å². The Bertz CT molecular complexity index is 1240. The third kappa shape index (κ3) is 4.59. The number of carboxylic acids is 1. The summed E-state index contributed by atoms with van der Waals surface area (Å²) < 4.78 is 5.47. The summed E-state index contributed by atoms with van der Waals surface area (Å²) in [7, 11) is 0. The first-order chi connectivity index (χ1) is 16.9. The van der Waals surface area contributed by atoms with Gasteiger partial charge in [-0.2, -0.15) is 4.98 Å². The van der Waals surface area contributed by atoms with Crippen molar-refractivity contribution < 1.29 is 24.2 Å². The lowest BCUT2D eigenvalue weighted by Crippen LogP contribution is -2.48. The topological polar surface area (TPSA) is 146 Å². The Morgan fingerprint density at radius 2 is 1.66 bits per heavy atom. The number of aromatic nitrogens is 3. The molecule has 1 saturated carbocycles. The zero-order chi connectivity index (χ0) is 24.4. The molecule has 2 aliphatic carbocycles. The maximum atomic E-state index is 12.6. The van der Waals surface area contributed by atoms with E-state index in [1.165, 1.54) is 0 Å². The number of nitrogens with one attached hydrogen (secondary N) is 3. The third-order valence-corrected chi connectivity index (χ3v) is 6.69. The predicted molar refractivity (Wildman–Crippen MR) is 126 cm³/mol. The third-order valence-electron chi connectivity index (χ3n) is 6.69. The normalized spacial score (nSPS) is 15.8.